The fourth-order valence-electron chi connectivity index (χ4n) is 4.03. The lowest BCUT2D eigenvalue weighted by molar-refractivity contribution is 0.400. The minimum atomic E-state index is -0.429. The molecule has 1 fully saturated rings. The summed E-state index contributed by atoms with van der Waals surface area (Å²) in [6.07, 6.45) is 4.61. The summed E-state index contributed by atoms with van der Waals surface area (Å²) in [5, 5.41) is 0. The molecule has 2 aromatic rings. The number of hydrogen-bond donors (Lipinski definition) is 1. The number of fused-ring (bicyclic) bond motifs is 2. The number of rotatable bonds is 1. The van der Waals surface area contributed by atoms with Gasteiger partial charge in [0.05, 0.1) is 0 Å². The predicted octanol–water partition coefficient (Wildman–Crippen LogP) is 0.753. The molecule has 2 aliphatic rings. The second kappa shape index (κ2) is 4.84. The number of H-pyrrole nitrogens is 1. The van der Waals surface area contributed by atoms with Crippen LogP contribution in [0.15, 0.2) is 21.2 Å². The van der Waals surface area contributed by atoms with Crippen molar-refractivity contribution in [2.75, 3.05) is 18.0 Å². The second-order valence-electron chi connectivity index (χ2n) is 6.88. The predicted molar refractivity (Wildman–Crippen MR) is 88.8 cm³/mol. The third-order valence-electron chi connectivity index (χ3n) is 5.32. The first-order chi connectivity index (χ1) is 11.0. The molecule has 0 amide bonds. The van der Waals surface area contributed by atoms with Crippen LogP contribution < -0.4 is 16.1 Å². The topological polar surface area (TPSA) is 75.9 Å². The third kappa shape index (κ3) is 2.06. The van der Waals surface area contributed by atoms with Crippen molar-refractivity contribution < 1.29 is 0 Å². The van der Waals surface area contributed by atoms with Crippen LogP contribution in [0.1, 0.15) is 19.8 Å². The molecule has 2 atom stereocenters. The number of hydrogen-bond acceptors (Lipinski definition) is 4. The lowest BCUT2D eigenvalue weighted by Gasteiger charge is -2.21. The van der Waals surface area contributed by atoms with E-state index in [0.29, 0.717) is 23.0 Å². The van der Waals surface area contributed by atoms with Gasteiger partial charge >= 0.3 is 5.69 Å². The van der Waals surface area contributed by atoms with Crippen molar-refractivity contribution in [2.24, 2.45) is 25.9 Å². The van der Waals surface area contributed by atoms with E-state index in [4.69, 9.17) is 0 Å². The lowest BCUT2D eigenvalue weighted by atomic mass is 9.83. The van der Waals surface area contributed by atoms with E-state index in [1.807, 2.05) is 11.6 Å². The molecular formula is C16H21N5O2. The Labute approximate surface area is 133 Å². The first-order valence-electron chi connectivity index (χ1n) is 8.02. The highest BCUT2D eigenvalue weighted by Gasteiger charge is 2.36. The highest BCUT2D eigenvalue weighted by molar-refractivity contribution is 5.74. The fraction of sp³-hybridized carbons (Fsp3) is 0.562. The number of aromatic nitrogens is 4. The zero-order valence-electron chi connectivity index (χ0n) is 13.7. The van der Waals surface area contributed by atoms with Crippen LogP contribution in [-0.4, -0.2) is 32.2 Å². The largest absolute Gasteiger partial charge is 0.342 e. The molecule has 122 valence electrons. The minimum absolute atomic E-state index is 0.376. The zero-order valence-corrected chi connectivity index (χ0v) is 13.7. The summed E-state index contributed by atoms with van der Waals surface area (Å²) in [5.41, 5.74) is 1.56. The summed E-state index contributed by atoms with van der Waals surface area (Å²) < 4.78 is 3.21. The number of aromatic amines is 1. The normalized spacial score (nSPS) is 24.1. The average Bonchev–Trinajstić information content (AvgIpc) is 3.05. The van der Waals surface area contributed by atoms with E-state index in [1.54, 1.807) is 7.05 Å². The Bertz CT molecular complexity index is 932. The van der Waals surface area contributed by atoms with Crippen molar-refractivity contribution in [2.45, 2.75) is 19.8 Å². The summed E-state index contributed by atoms with van der Waals surface area (Å²) >= 11 is 0. The maximum atomic E-state index is 12.1. The smallest absolute Gasteiger partial charge is 0.329 e. The monoisotopic (exact) mass is 315 g/mol. The van der Waals surface area contributed by atoms with E-state index in [0.717, 1.165) is 31.9 Å². The van der Waals surface area contributed by atoms with E-state index in [9.17, 15) is 9.59 Å². The number of allylic oxidation sites excluding steroid dienone is 2. The van der Waals surface area contributed by atoms with Crippen LogP contribution in [0.2, 0.25) is 0 Å². The average molecular weight is 315 g/mol. The van der Waals surface area contributed by atoms with Gasteiger partial charge in [0.15, 0.2) is 11.2 Å². The molecule has 3 heterocycles. The second-order valence-corrected chi connectivity index (χ2v) is 6.88. The summed E-state index contributed by atoms with van der Waals surface area (Å²) in [7, 11) is 3.48. The van der Waals surface area contributed by atoms with Crippen molar-refractivity contribution in [1.29, 1.82) is 0 Å². The molecule has 0 spiro atoms. The number of nitrogens with one attached hydrogen (secondary N) is 1. The van der Waals surface area contributed by atoms with Crippen molar-refractivity contribution in [3.63, 3.8) is 0 Å². The quantitative estimate of drug-likeness (QED) is 0.788. The maximum Gasteiger partial charge on any atom is 0.329 e. The number of nitrogens with zero attached hydrogens (tertiary/aromatic N) is 4. The molecule has 23 heavy (non-hydrogen) atoms. The number of aryl methyl sites for hydroxylation is 2. The van der Waals surface area contributed by atoms with Gasteiger partial charge in [-0.15, -0.1) is 0 Å². The van der Waals surface area contributed by atoms with Gasteiger partial charge in [-0.25, -0.2) is 4.79 Å². The molecule has 7 nitrogen and oxygen atoms in total. The Balaban J connectivity index is 1.78. The molecule has 1 aliphatic carbocycles. The fourth-order valence-corrected chi connectivity index (χ4v) is 4.03. The molecule has 0 saturated carbocycles. The molecule has 4 rings (SSSR count). The van der Waals surface area contributed by atoms with Crippen LogP contribution in [0, 0.1) is 11.8 Å². The van der Waals surface area contributed by atoms with Crippen molar-refractivity contribution in [3.8, 4) is 0 Å². The SMILES string of the molecule is CC1=CC[C@@H]2CN(c3nc4c(c(=O)[nH]c(=O)n4C)n3C)C[C@@H]2C1. The van der Waals surface area contributed by atoms with E-state index in [-0.39, 0.29) is 5.56 Å². The van der Waals surface area contributed by atoms with Crippen molar-refractivity contribution in [1.82, 2.24) is 19.1 Å². The molecule has 0 bridgehead atoms. The Morgan fingerprint density at radius 3 is 2.70 bits per heavy atom. The van der Waals surface area contributed by atoms with E-state index >= 15 is 0 Å². The highest BCUT2D eigenvalue weighted by atomic mass is 16.2. The lowest BCUT2D eigenvalue weighted by Crippen LogP contribution is -2.29. The van der Waals surface area contributed by atoms with Gasteiger partial charge in [0.1, 0.15) is 0 Å². The Hall–Kier alpha value is -2.31. The summed E-state index contributed by atoms with van der Waals surface area (Å²) in [5.74, 6) is 2.08. The van der Waals surface area contributed by atoms with Gasteiger partial charge in [0, 0.05) is 27.2 Å². The van der Waals surface area contributed by atoms with Crippen LogP contribution in [-0.2, 0) is 14.1 Å². The molecule has 0 radical (unpaired) electrons. The van der Waals surface area contributed by atoms with Gasteiger partial charge < -0.3 is 9.47 Å². The molecule has 0 unspecified atom stereocenters. The van der Waals surface area contributed by atoms with Crippen molar-refractivity contribution >= 4 is 17.1 Å². The zero-order chi connectivity index (χ0) is 16.3. The minimum Gasteiger partial charge on any atom is -0.342 e. The summed E-state index contributed by atoms with van der Waals surface area (Å²) in [6.45, 7) is 4.11. The summed E-state index contributed by atoms with van der Waals surface area (Å²) in [6, 6.07) is 0. The van der Waals surface area contributed by atoms with Gasteiger partial charge in [-0.1, -0.05) is 11.6 Å². The highest BCUT2D eigenvalue weighted by Crippen LogP contribution is 2.37. The van der Waals surface area contributed by atoms with Gasteiger partial charge in [-0.3, -0.25) is 14.3 Å². The van der Waals surface area contributed by atoms with Gasteiger partial charge in [0.2, 0.25) is 5.95 Å². The third-order valence-corrected chi connectivity index (χ3v) is 5.32. The van der Waals surface area contributed by atoms with Crippen LogP contribution in [0.4, 0.5) is 5.95 Å². The van der Waals surface area contributed by atoms with Gasteiger partial charge in [-0.2, -0.15) is 4.98 Å². The van der Waals surface area contributed by atoms with Crippen LogP contribution in [0.25, 0.3) is 11.2 Å². The maximum absolute atomic E-state index is 12.1. The molecule has 2 aromatic heterocycles. The first-order valence-corrected chi connectivity index (χ1v) is 8.02. The molecule has 1 N–H and O–H groups in total. The first kappa shape index (κ1) is 14.3. The standard InChI is InChI=1S/C16H21N5O2/c1-9-4-5-10-7-21(8-11(10)6-9)15-17-13-12(19(15)2)14(22)18-16(23)20(13)3/h4,10-11H,5-8H2,1-3H3,(H,18,22,23)/t10-,11+/m1/s1. The Morgan fingerprint density at radius 2 is 1.91 bits per heavy atom. The molecule has 7 heteroatoms. The Morgan fingerprint density at radius 1 is 1.17 bits per heavy atom. The van der Waals surface area contributed by atoms with Crippen molar-refractivity contribution in [3.05, 3.63) is 32.5 Å². The van der Waals surface area contributed by atoms with E-state index in [2.05, 4.69) is 27.9 Å². The van der Waals surface area contributed by atoms with E-state index in [1.165, 1.54) is 10.1 Å². The number of imidazole rings is 1. The Kier molecular flexibility index (Phi) is 3.01. The van der Waals surface area contributed by atoms with Crippen LogP contribution >= 0.6 is 0 Å². The molecule has 1 saturated heterocycles. The number of anilines is 1. The van der Waals surface area contributed by atoms with Crippen LogP contribution in [0.3, 0.4) is 0 Å². The van der Waals surface area contributed by atoms with Gasteiger partial charge in [0.25, 0.3) is 5.56 Å². The summed E-state index contributed by atoms with van der Waals surface area (Å²) in [4.78, 5) is 33.1. The molecular weight excluding hydrogens is 294 g/mol. The van der Waals surface area contributed by atoms with Crippen LogP contribution in [0.5, 0.6) is 0 Å². The molecule has 1 aliphatic heterocycles. The molecule has 0 aromatic carbocycles. The van der Waals surface area contributed by atoms with Gasteiger partial charge in [-0.05, 0) is 31.6 Å². The van der Waals surface area contributed by atoms with E-state index < -0.39 is 5.69 Å².